The number of ether oxygens (including phenoxy) is 2. The van der Waals surface area contributed by atoms with Crippen molar-refractivity contribution in [2.45, 2.75) is 45.6 Å². The first-order chi connectivity index (χ1) is 11.3. The molecule has 1 aliphatic heterocycles. The number of rotatable bonds is 3. The molecule has 0 N–H and O–H groups in total. The summed E-state index contributed by atoms with van der Waals surface area (Å²) < 4.78 is 10.5. The Morgan fingerprint density at radius 1 is 1.21 bits per heavy atom. The van der Waals surface area contributed by atoms with Crippen molar-refractivity contribution in [2.75, 3.05) is 20.2 Å². The number of methoxy groups -OCH3 is 1. The largest absolute Gasteiger partial charge is 0.469 e. The molecule has 5 nitrogen and oxygen atoms in total. The van der Waals surface area contributed by atoms with E-state index in [2.05, 4.69) is 0 Å². The second-order valence-electron chi connectivity index (χ2n) is 7.44. The van der Waals surface area contributed by atoms with Gasteiger partial charge in [0, 0.05) is 13.1 Å². The summed E-state index contributed by atoms with van der Waals surface area (Å²) in [5, 5.41) is 0. The van der Waals surface area contributed by atoms with E-state index >= 15 is 0 Å². The lowest BCUT2D eigenvalue weighted by Crippen LogP contribution is -2.52. The maximum Gasteiger partial charge on any atom is 0.410 e. The van der Waals surface area contributed by atoms with Crippen molar-refractivity contribution < 1.29 is 19.1 Å². The fraction of sp³-hybridized carbons (Fsp3) is 0.579. The van der Waals surface area contributed by atoms with Gasteiger partial charge in [-0.25, -0.2) is 4.79 Å². The second kappa shape index (κ2) is 7.24. The number of piperidine rings is 1. The minimum Gasteiger partial charge on any atom is -0.469 e. The number of amides is 1. The molecule has 1 aliphatic rings. The molecule has 0 aliphatic carbocycles. The Labute approximate surface area is 143 Å². The lowest BCUT2D eigenvalue weighted by atomic mass is 9.75. The van der Waals surface area contributed by atoms with Crippen LogP contribution in [0.5, 0.6) is 0 Å². The number of likely N-dealkylation sites (tertiary alicyclic amines) is 1. The smallest absolute Gasteiger partial charge is 0.410 e. The topological polar surface area (TPSA) is 55.8 Å². The van der Waals surface area contributed by atoms with Gasteiger partial charge in [0.25, 0.3) is 0 Å². The number of carbonyl (C=O) groups excluding carboxylic acids is 2. The van der Waals surface area contributed by atoms with Gasteiger partial charge in [-0.3, -0.25) is 4.79 Å². The minimum absolute atomic E-state index is 0.264. The summed E-state index contributed by atoms with van der Waals surface area (Å²) in [6, 6.07) is 9.85. The van der Waals surface area contributed by atoms with E-state index in [1.165, 1.54) is 7.11 Å². The van der Waals surface area contributed by atoms with Gasteiger partial charge in [-0.1, -0.05) is 30.3 Å². The van der Waals surface area contributed by atoms with Crippen molar-refractivity contribution in [3.05, 3.63) is 35.9 Å². The second-order valence-corrected chi connectivity index (χ2v) is 7.44. The molecule has 1 unspecified atom stereocenters. The van der Waals surface area contributed by atoms with Crippen LogP contribution in [0, 0.1) is 5.41 Å². The highest BCUT2D eigenvalue weighted by Gasteiger charge is 2.45. The lowest BCUT2D eigenvalue weighted by molar-refractivity contribution is -0.156. The fourth-order valence-corrected chi connectivity index (χ4v) is 3.20. The van der Waals surface area contributed by atoms with Gasteiger partial charge in [0.1, 0.15) is 5.60 Å². The molecule has 1 aromatic rings. The van der Waals surface area contributed by atoms with Gasteiger partial charge in [-0.15, -0.1) is 0 Å². The van der Waals surface area contributed by atoms with Crippen molar-refractivity contribution in [3.8, 4) is 0 Å². The molecule has 1 aromatic carbocycles. The van der Waals surface area contributed by atoms with Crippen molar-refractivity contribution in [2.24, 2.45) is 5.41 Å². The molecule has 1 saturated heterocycles. The van der Waals surface area contributed by atoms with Crippen LogP contribution < -0.4 is 0 Å². The zero-order valence-electron chi connectivity index (χ0n) is 15.0. The number of esters is 1. The maximum absolute atomic E-state index is 12.5. The molecule has 1 atom stereocenters. The number of benzene rings is 1. The first-order valence-electron chi connectivity index (χ1n) is 8.36. The van der Waals surface area contributed by atoms with Gasteiger partial charge in [0.05, 0.1) is 12.5 Å². The van der Waals surface area contributed by atoms with Crippen LogP contribution in [0.2, 0.25) is 0 Å². The highest BCUT2D eigenvalue weighted by atomic mass is 16.6. The lowest BCUT2D eigenvalue weighted by Gasteiger charge is -2.41. The van der Waals surface area contributed by atoms with Crippen LogP contribution >= 0.6 is 0 Å². The average Bonchev–Trinajstić information content (AvgIpc) is 2.53. The Morgan fingerprint density at radius 2 is 1.88 bits per heavy atom. The summed E-state index contributed by atoms with van der Waals surface area (Å²) in [5.41, 5.74) is -0.207. The van der Waals surface area contributed by atoms with Crippen molar-refractivity contribution in [1.82, 2.24) is 4.90 Å². The van der Waals surface area contributed by atoms with E-state index in [4.69, 9.17) is 9.47 Å². The summed E-state index contributed by atoms with van der Waals surface area (Å²) >= 11 is 0. The Bertz CT molecular complexity index is 579. The Hall–Kier alpha value is -2.04. The number of hydrogen-bond acceptors (Lipinski definition) is 4. The van der Waals surface area contributed by atoms with Gasteiger partial charge in [0.2, 0.25) is 0 Å². The third-order valence-electron chi connectivity index (χ3n) is 4.23. The Balaban J connectivity index is 2.21. The van der Waals surface area contributed by atoms with E-state index in [-0.39, 0.29) is 12.1 Å². The summed E-state index contributed by atoms with van der Waals surface area (Å²) in [6.45, 7) is 6.44. The molecule has 0 spiro atoms. The third-order valence-corrected chi connectivity index (χ3v) is 4.23. The summed E-state index contributed by atoms with van der Waals surface area (Å²) in [4.78, 5) is 26.6. The van der Waals surface area contributed by atoms with Gasteiger partial charge < -0.3 is 14.4 Å². The van der Waals surface area contributed by atoms with Gasteiger partial charge in [-0.05, 0) is 45.6 Å². The normalized spacial score (nSPS) is 21.2. The highest BCUT2D eigenvalue weighted by Crippen LogP contribution is 2.35. The van der Waals surface area contributed by atoms with Crippen molar-refractivity contribution in [3.63, 3.8) is 0 Å². The van der Waals surface area contributed by atoms with E-state index in [9.17, 15) is 9.59 Å². The van der Waals surface area contributed by atoms with Gasteiger partial charge in [0.15, 0.2) is 0 Å². The molecule has 132 valence electrons. The van der Waals surface area contributed by atoms with Crippen LogP contribution in [0.1, 0.15) is 39.2 Å². The Kier molecular flexibility index (Phi) is 5.52. The predicted octanol–water partition coefficient (Wildman–Crippen LogP) is 3.42. The summed E-state index contributed by atoms with van der Waals surface area (Å²) in [6.07, 6.45) is 1.64. The van der Waals surface area contributed by atoms with Crippen molar-refractivity contribution >= 4 is 12.1 Å². The third kappa shape index (κ3) is 4.49. The first-order valence-corrected chi connectivity index (χ1v) is 8.36. The predicted molar refractivity (Wildman–Crippen MR) is 91.6 cm³/mol. The SMILES string of the molecule is COC(=O)C1(Cc2ccccc2)CCCN(C(=O)OC(C)(C)C)C1. The molecular formula is C19H27NO4. The van der Waals surface area contributed by atoms with Gasteiger partial charge in [-0.2, -0.15) is 0 Å². The molecule has 1 heterocycles. The fourth-order valence-electron chi connectivity index (χ4n) is 3.20. The zero-order chi connectivity index (χ0) is 17.8. The first kappa shape index (κ1) is 18.3. The van der Waals surface area contributed by atoms with Crippen LogP contribution in [0.4, 0.5) is 4.79 Å². The monoisotopic (exact) mass is 333 g/mol. The average molecular weight is 333 g/mol. The highest BCUT2D eigenvalue weighted by molar-refractivity contribution is 5.79. The standard InChI is InChI=1S/C19H27NO4/c1-18(2,3)24-17(22)20-12-8-11-19(14-20,16(21)23-4)13-15-9-6-5-7-10-15/h5-7,9-10H,8,11-14H2,1-4H3. The van der Waals surface area contributed by atoms with Crippen LogP contribution in [-0.2, 0) is 20.7 Å². The number of nitrogens with zero attached hydrogens (tertiary/aromatic N) is 1. The van der Waals surface area contributed by atoms with Crippen LogP contribution in [-0.4, -0.2) is 42.8 Å². The molecule has 0 aromatic heterocycles. The molecule has 5 heteroatoms. The Morgan fingerprint density at radius 3 is 2.46 bits per heavy atom. The van der Waals surface area contributed by atoms with E-state index in [0.717, 1.165) is 12.0 Å². The van der Waals surface area contributed by atoms with E-state index in [0.29, 0.717) is 25.9 Å². The zero-order valence-corrected chi connectivity index (χ0v) is 15.0. The van der Waals surface area contributed by atoms with Crippen molar-refractivity contribution in [1.29, 1.82) is 0 Å². The number of hydrogen-bond donors (Lipinski definition) is 0. The van der Waals surface area contributed by atoms with Crippen LogP contribution in [0.15, 0.2) is 30.3 Å². The molecule has 1 fully saturated rings. The quantitative estimate of drug-likeness (QED) is 0.795. The molecule has 1 amide bonds. The molecule has 24 heavy (non-hydrogen) atoms. The minimum atomic E-state index is -0.717. The van der Waals surface area contributed by atoms with Crippen LogP contribution in [0.3, 0.4) is 0 Å². The van der Waals surface area contributed by atoms with Crippen LogP contribution in [0.25, 0.3) is 0 Å². The van der Waals surface area contributed by atoms with E-state index in [1.807, 2.05) is 51.1 Å². The molecule has 0 bridgehead atoms. The van der Waals surface area contributed by atoms with Gasteiger partial charge >= 0.3 is 12.1 Å². The maximum atomic E-state index is 12.5. The summed E-state index contributed by atoms with van der Waals surface area (Å²) in [5.74, 6) is -0.264. The number of carbonyl (C=O) groups is 2. The molecule has 0 saturated carbocycles. The molecule has 2 rings (SSSR count). The summed E-state index contributed by atoms with van der Waals surface area (Å²) in [7, 11) is 1.40. The van der Waals surface area contributed by atoms with E-state index in [1.54, 1.807) is 4.90 Å². The van der Waals surface area contributed by atoms with E-state index < -0.39 is 11.0 Å². The molecular weight excluding hydrogens is 306 g/mol. The molecule has 0 radical (unpaired) electrons.